The molecule has 310 valence electrons. The molecule has 4 aromatic carbocycles. The maximum Gasteiger partial charge on any atom is 0.243 e. The third kappa shape index (κ3) is 12.8. The molecule has 0 spiro atoms. The summed E-state index contributed by atoms with van der Waals surface area (Å²) >= 11 is 1.42. The van der Waals surface area contributed by atoms with Gasteiger partial charge in [0.25, 0.3) is 0 Å². The fourth-order valence-electron chi connectivity index (χ4n) is 7.08. The van der Waals surface area contributed by atoms with Gasteiger partial charge in [-0.1, -0.05) is 103 Å². The summed E-state index contributed by atoms with van der Waals surface area (Å²) in [7, 11) is 0. The zero-order chi connectivity index (χ0) is 42.3. The lowest BCUT2D eigenvalue weighted by Gasteiger charge is -2.26. The second-order valence-corrected chi connectivity index (χ2v) is 15.8. The van der Waals surface area contributed by atoms with Crippen molar-refractivity contribution in [3.63, 3.8) is 0 Å². The van der Waals surface area contributed by atoms with Crippen LogP contribution in [0.15, 0.2) is 127 Å². The van der Waals surface area contributed by atoms with Crippen molar-refractivity contribution in [3.05, 3.63) is 148 Å². The van der Waals surface area contributed by atoms with Crippen LogP contribution in [0.25, 0.3) is 11.1 Å². The van der Waals surface area contributed by atoms with E-state index in [1.54, 1.807) is 24.3 Å². The number of hydrogen-bond acceptors (Lipinski definition) is 8. The Bertz CT molecular complexity index is 2220. The lowest BCUT2D eigenvalue weighted by molar-refractivity contribution is -0.134. The molecule has 2 bridgehead atoms. The first-order valence-electron chi connectivity index (χ1n) is 20.0. The van der Waals surface area contributed by atoms with Crippen LogP contribution in [0.4, 0.5) is 5.69 Å². The van der Waals surface area contributed by atoms with Gasteiger partial charge in [0, 0.05) is 55.1 Å². The minimum Gasteiger partial charge on any atom is -0.395 e. The Labute approximate surface area is 353 Å². The molecular weight excluding hydrogens is 779 g/mol. The number of fused-ring (bicyclic) bond motifs is 18. The molecule has 5 amide bonds. The van der Waals surface area contributed by atoms with Gasteiger partial charge in [-0.05, 0) is 64.2 Å². The van der Waals surface area contributed by atoms with E-state index >= 15 is 0 Å². The average molecular weight is 828 g/mol. The molecule has 4 atom stereocenters. The first-order valence-corrected chi connectivity index (χ1v) is 20.9. The van der Waals surface area contributed by atoms with E-state index in [2.05, 4.69) is 26.6 Å². The fraction of sp³-hybridized carbons (Fsp3) is 0.277. The van der Waals surface area contributed by atoms with Crippen LogP contribution in [0.5, 0.6) is 0 Å². The van der Waals surface area contributed by atoms with Gasteiger partial charge in [0.05, 0.1) is 12.6 Å². The number of thiophene rings is 1. The number of ketones is 1. The lowest BCUT2D eigenvalue weighted by atomic mass is 9.89. The standard InChI is InChI=1S/C47H49N5O7S/c53-24-23-48-45(57)36-26-32-15-19-37(20-16-32)49-43(55)21-22-44(56)50-41(30-38-12-7-25-60-38)47(59)52-40(28-33-13-17-35(18-14-33)34-10-5-2-6-11-34)46(58)51-39(42(54)29-36)27-31-8-3-1-4-9-31/h1-20,25,36,39-41,53H,21-24,26-30H2,(H,48,57)(H,49,55)(H,50,56)(H,51,58)(H,52,59)/t36-,39-,40+,41-/m1/s1. The van der Waals surface area contributed by atoms with Crippen molar-refractivity contribution in [2.45, 2.75) is 63.1 Å². The van der Waals surface area contributed by atoms with Crippen molar-refractivity contribution in [1.29, 1.82) is 0 Å². The van der Waals surface area contributed by atoms with E-state index in [1.807, 2.05) is 102 Å². The Kier molecular flexibility index (Phi) is 15.5. The summed E-state index contributed by atoms with van der Waals surface area (Å²) in [5, 5.41) is 25.4. The normalized spacial score (nSPS) is 19.6. The van der Waals surface area contributed by atoms with E-state index in [4.69, 9.17) is 0 Å². The largest absolute Gasteiger partial charge is 0.395 e. The van der Waals surface area contributed by atoms with Crippen molar-refractivity contribution in [2.24, 2.45) is 5.92 Å². The molecule has 2 aliphatic heterocycles. The van der Waals surface area contributed by atoms with Gasteiger partial charge in [-0.2, -0.15) is 0 Å². The number of nitrogens with one attached hydrogen (secondary N) is 5. The number of hydrogen-bond donors (Lipinski definition) is 6. The molecule has 0 unspecified atom stereocenters. The molecule has 0 aliphatic carbocycles. The summed E-state index contributed by atoms with van der Waals surface area (Å²) in [5.74, 6) is -3.84. The Hall–Kier alpha value is -6.44. The van der Waals surface area contributed by atoms with Gasteiger partial charge in [0.2, 0.25) is 29.5 Å². The fourth-order valence-corrected chi connectivity index (χ4v) is 7.83. The summed E-state index contributed by atoms with van der Waals surface area (Å²) < 4.78 is 0. The maximum absolute atomic E-state index is 14.6. The molecule has 6 N–H and O–H groups in total. The second-order valence-electron chi connectivity index (χ2n) is 14.8. The smallest absolute Gasteiger partial charge is 0.243 e. The summed E-state index contributed by atoms with van der Waals surface area (Å²) in [6.07, 6.45) is -0.0996. The van der Waals surface area contributed by atoms with E-state index in [1.165, 1.54) is 11.3 Å². The van der Waals surface area contributed by atoms with E-state index < -0.39 is 59.4 Å². The number of aliphatic hydroxyl groups excluding tert-OH is 1. The van der Waals surface area contributed by atoms with Crippen LogP contribution in [-0.4, -0.2) is 71.7 Å². The molecule has 3 heterocycles. The topological polar surface area (TPSA) is 183 Å². The van der Waals surface area contributed by atoms with E-state index in [-0.39, 0.29) is 58.1 Å². The van der Waals surface area contributed by atoms with Crippen molar-refractivity contribution in [1.82, 2.24) is 21.3 Å². The van der Waals surface area contributed by atoms with Crippen LogP contribution in [-0.2, 0) is 54.5 Å². The molecule has 0 radical (unpaired) electrons. The minimum atomic E-state index is -1.18. The SMILES string of the molecule is O=C1CCC(=O)N[C@H](Cc2cccs2)C(=O)N[C@@H](Cc2ccc(-c3ccccc3)cc2)C(=O)N[C@H](Cc2ccccc2)C(=O)C[C@H](C(=O)NCCO)Cc2ccc(cc2)N1. The van der Waals surface area contributed by atoms with Crippen LogP contribution in [0, 0.1) is 5.92 Å². The van der Waals surface area contributed by atoms with Gasteiger partial charge in [-0.25, -0.2) is 0 Å². The Morgan fingerprint density at radius 2 is 1.22 bits per heavy atom. The Morgan fingerprint density at radius 3 is 1.88 bits per heavy atom. The highest BCUT2D eigenvalue weighted by Gasteiger charge is 2.32. The Morgan fingerprint density at radius 1 is 0.617 bits per heavy atom. The number of aliphatic hydroxyl groups is 1. The number of benzene rings is 4. The molecule has 0 fully saturated rings. The number of Topliss-reactive ketones (excluding diaryl/α,β-unsaturated/α-hetero) is 1. The molecule has 1 aromatic heterocycles. The van der Waals surface area contributed by atoms with Crippen LogP contribution >= 0.6 is 11.3 Å². The van der Waals surface area contributed by atoms with Gasteiger partial charge < -0.3 is 31.7 Å². The van der Waals surface area contributed by atoms with Crippen LogP contribution in [0.3, 0.4) is 0 Å². The summed E-state index contributed by atoms with van der Waals surface area (Å²) in [4.78, 5) is 83.7. The predicted octanol–water partition coefficient (Wildman–Crippen LogP) is 4.56. The van der Waals surface area contributed by atoms with Crippen molar-refractivity contribution < 1.29 is 33.9 Å². The highest BCUT2D eigenvalue weighted by Crippen LogP contribution is 2.22. The monoisotopic (exact) mass is 827 g/mol. The third-order valence-corrected chi connectivity index (χ3v) is 11.2. The quantitative estimate of drug-likeness (QED) is 0.112. The molecule has 5 aromatic rings. The maximum atomic E-state index is 14.6. The summed E-state index contributed by atoms with van der Waals surface area (Å²) in [6, 6.07) is 33.8. The van der Waals surface area contributed by atoms with Crippen LogP contribution in [0.1, 0.15) is 40.8 Å². The zero-order valence-electron chi connectivity index (χ0n) is 33.1. The Balaban J connectivity index is 1.35. The minimum absolute atomic E-state index is 0.00276. The number of anilines is 1. The second kappa shape index (κ2) is 21.5. The summed E-state index contributed by atoms with van der Waals surface area (Å²) in [5.41, 5.74) is 4.69. The molecular formula is C47H49N5O7S. The highest BCUT2D eigenvalue weighted by molar-refractivity contribution is 7.09. The number of rotatable bonds is 10. The lowest BCUT2D eigenvalue weighted by Crippen LogP contribution is -2.57. The molecule has 7 rings (SSSR count). The van der Waals surface area contributed by atoms with Gasteiger partial charge in [0.1, 0.15) is 12.1 Å². The number of amides is 5. The van der Waals surface area contributed by atoms with Crippen LogP contribution in [0.2, 0.25) is 0 Å². The van der Waals surface area contributed by atoms with Gasteiger partial charge >= 0.3 is 0 Å². The molecule has 12 nitrogen and oxygen atoms in total. The average Bonchev–Trinajstić information content (AvgIpc) is 3.78. The highest BCUT2D eigenvalue weighted by atomic mass is 32.1. The van der Waals surface area contributed by atoms with Crippen LogP contribution < -0.4 is 26.6 Å². The van der Waals surface area contributed by atoms with Crippen molar-refractivity contribution >= 4 is 52.3 Å². The van der Waals surface area contributed by atoms with Gasteiger partial charge in [-0.15, -0.1) is 11.3 Å². The van der Waals surface area contributed by atoms with E-state index in [0.717, 1.165) is 32.7 Å². The zero-order valence-corrected chi connectivity index (χ0v) is 33.9. The molecule has 60 heavy (non-hydrogen) atoms. The predicted molar refractivity (Wildman–Crippen MR) is 231 cm³/mol. The van der Waals surface area contributed by atoms with Gasteiger partial charge in [0.15, 0.2) is 5.78 Å². The van der Waals surface area contributed by atoms with Crippen molar-refractivity contribution in [3.8, 4) is 11.1 Å². The molecule has 0 saturated heterocycles. The number of carbonyl (C=O) groups excluding carboxylic acids is 6. The summed E-state index contributed by atoms with van der Waals surface area (Å²) in [6.45, 7) is -0.290. The first-order chi connectivity index (χ1) is 29.1. The van der Waals surface area contributed by atoms with Crippen molar-refractivity contribution in [2.75, 3.05) is 18.5 Å². The molecule has 0 saturated carbocycles. The third-order valence-electron chi connectivity index (χ3n) is 10.3. The molecule has 13 heteroatoms. The van der Waals surface area contributed by atoms with Gasteiger partial charge in [-0.3, -0.25) is 28.8 Å². The van der Waals surface area contributed by atoms with E-state index in [9.17, 15) is 33.9 Å². The molecule has 2 aliphatic rings. The first kappa shape index (κ1) is 43.1. The van der Waals surface area contributed by atoms with E-state index in [0.29, 0.717) is 5.69 Å². The number of carbonyl (C=O) groups is 6.